The highest BCUT2D eigenvalue weighted by Gasteiger charge is 2.27. The molecule has 0 bridgehead atoms. The zero-order valence-corrected chi connectivity index (χ0v) is 12.3. The number of aryl methyl sites for hydroxylation is 1. The van der Waals surface area contributed by atoms with Crippen molar-refractivity contribution in [1.82, 2.24) is 5.32 Å². The van der Waals surface area contributed by atoms with Gasteiger partial charge < -0.3 is 5.32 Å². The van der Waals surface area contributed by atoms with E-state index in [0.717, 1.165) is 31.7 Å². The Balaban J connectivity index is 2.18. The summed E-state index contributed by atoms with van der Waals surface area (Å²) in [4.78, 5) is 12.2. The first-order valence-corrected chi connectivity index (χ1v) is 7.32. The zero-order chi connectivity index (χ0) is 14.0. The van der Waals surface area contributed by atoms with Gasteiger partial charge >= 0.3 is 0 Å². The normalized spacial score (nSPS) is 23.2. The molecule has 2 unspecified atom stereocenters. The average molecular weight is 332 g/mol. The monoisotopic (exact) mass is 331 g/mol. The molecule has 2 atom stereocenters. The van der Waals surface area contributed by atoms with Crippen molar-refractivity contribution < 1.29 is 13.6 Å². The largest absolute Gasteiger partial charge is 0.348 e. The van der Waals surface area contributed by atoms with Crippen LogP contribution in [0.4, 0.5) is 8.78 Å². The van der Waals surface area contributed by atoms with Crippen molar-refractivity contribution in [3.05, 3.63) is 34.9 Å². The predicted octanol–water partition coefficient (Wildman–Crippen LogP) is 3.71. The van der Waals surface area contributed by atoms with Crippen molar-refractivity contribution in [2.75, 3.05) is 0 Å². The van der Waals surface area contributed by atoms with E-state index in [2.05, 4.69) is 21.2 Å². The molecule has 1 aromatic rings. The Morgan fingerprint density at radius 3 is 2.68 bits per heavy atom. The Bertz CT molecular complexity index is 493. The van der Waals surface area contributed by atoms with Gasteiger partial charge in [-0.05, 0) is 31.4 Å². The van der Waals surface area contributed by atoms with Crippen LogP contribution < -0.4 is 5.32 Å². The summed E-state index contributed by atoms with van der Waals surface area (Å²) in [5.74, 6) is -2.27. The molecule has 0 heterocycles. The third-order valence-electron chi connectivity index (χ3n) is 3.51. The number of halogens is 3. The molecular formula is C14H16BrF2NO. The summed E-state index contributed by atoms with van der Waals surface area (Å²) in [6.07, 6.45) is 3.92. The van der Waals surface area contributed by atoms with Gasteiger partial charge in [-0.3, -0.25) is 4.79 Å². The first kappa shape index (κ1) is 14.4. The Kier molecular flexibility index (Phi) is 4.55. The summed E-state index contributed by atoms with van der Waals surface area (Å²) in [6, 6.07) is 2.38. The van der Waals surface area contributed by atoms with Gasteiger partial charge in [-0.15, -0.1) is 0 Å². The molecule has 0 spiro atoms. The summed E-state index contributed by atoms with van der Waals surface area (Å²) < 4.78 is 27.5. The topological polar surface area (TPSA) is 29.1 Å². The molecule has 2 rings (SSSR count). The van der Waals surface area contributed by atoms with Gasteiger partial charge in [-0.1, -0.05) is 34.8 Å². The second-order valence-electron chi connectivity index (χ2n) is 4.93. The van der Waals surface area contributed by atoms with Crippen molar-refractivity contribution >= 4 is 21.8 Å². The van der Waals surface area contributed by atoms with Crippen molar-refractivity contribution in [3.63, 3.8) is 0 Å². The summed E-state index contributed by atoms with van der Waals surface area (Å²) in [7, 11) is 0. The number of hydrogen-bond acceptors (Lipinski definition) is 1. The highest BCUT2D eigenvalue weighted by Crippen LogP contribution is 2.25. The van der Waals surface area contributed by atoms with Gasteiger partial charge in [0.15, 0.2) is 0 Å². The standard InChI is InChI=1S/C14H16BrF2NO/c1-8-6-7-10(16)12(13(8)17)14(19)18-11-5-3-2-4-9(11)15/h6-7,9,11H,2-5H2,1H3,(H,18,19). The number of hydrogen-bond donors (Lipinski definition) is 1. The number of benzene rings is 1. The van der Waals surface area contributed by atoms with Crippen LogP contribution >= 0.6 is 15.9 Å². The van der Waals surface area contributed by atoms with Crippen LogP contribution in [0.5, 0.6) is 0 Å². The van der Waals surface area contributed by atoms with E-state index in [9.17, 15) is 13.6 Å². The lowest BCUT2D eigenvalue weighted by atomic mass is 9.95. The molecule has 1 aliphatic rings. The van der Waals surface area contributed by atoms with E-state index < -0.39 is 23.1 Å². The minimum absolute atomic E-state index is 0.0689. The fraction of sp³-hybridized carbons (Fsp3) is 0.500. The molecule has 0 saturated heterocycles. The van der Waals surface area contributed by atoms with Crippen molar-refractivity contribution in [2.45, 2.75) is 43.5 Å². The predicted molar refractivity (Wildman–Crippen MR) is 73.5 cm³/mol. The summed E-state index contributed by atoms with van der Waals surface area (Å²) in [6.45, 7) is 1.51. The fourth-order valence-corrected chi connectivity index (χ4v) is 3.07. The lowest BCUT2D eigenvalue weighted by Gasteiger charge is -2.28. The molecule has 0 aliphatic heterocycles. The van der Waals surface area contributed by atoms with E-state index >= 15 is 0 Å². The van der Waals surface area contributed by atoms with Gasteiger partial charge in [0.1, 0.15) is 17.2 Å². The van der Waals surface area contributed by atoms with Gasteiger partial charge in [-0.2, -0.15) is 0 Å². The van der Waals surface area contributed by atoms with E-state index in [1.165, 1.54) is 13.0 Å². The third-order valence-corrected chi connectivity index (χ3v) is 4.61. The molecule has 104 valence electrons. The summed E-state index contributed by atoms with van der Waals surface area (Å²) >= 11 is 3.51. The SMILES string of the molecule is Cc1ccc(F)c(C(=O)NC2CCCCC2Br)c1F. The molecular weight excluding hydrogens is 316 g/mol. The van der Waals surface area contributed by atoms with Crippen LogP contribution in [0.15, 0.2) is 12.1 Å². The van der Waals surface area contributed by atoms with Crippen molar-refractivity contribution in [3.8, 4) is 0 Å². The van der Waals surface area contributed by atoms with E-state index in [0.29, 0.717) is 0 Å². The van der Waals surface area contributed by atoms with Crippen LogP contribution in [0.25, 0.3) is 0 Å². The van der Waals surface area contributed by atoms with Gasteiger partial charge in [0, 0.05) is 10.9 Å². The van der Waals surface area contributed by atoms with Crippen LogP contribution in [0.3, 0.4) is 0 Å². The van der Waals surface area contributed by atoms with Crippen LogP contribution in [-0.4, -0.2) is 16.8 Å². The second-order valence-corrected chi connectivity index (χ2v) is 6.11. The Hall–Kier alpha value is -0.970. The van der Waals surface area contributed by atoms with Gasteiger partial charge in [0.05, 0.1) is 0 Å². The van der Waals surface area contributed by atoms with Crippen LogP contribution in [0, 0.1) is 18.6 Å². The van der Waals surface area contributed by atoms with Crippen molar-refractivity contribution in [2.24, 2.45) is 0 Å². The summed E-state index contributed by atoms with van der Waals surface area (Å²) in [5.41, 5.74) is -0.212. The zero-order valence-electron chi connectivity index (χ0n) is 10.7. The second kappa shape index (κ2) is 5.99. The molecule has 0 aromatic heterocycles. The minimum atomic E-state index is -0.817. The Labute approximate surface area is 119 Å². The molecule has 1 amide bonds. The molecule has 5 heteroatoms. The Morgan fingerprint density at radius 2 is 2.00 bits per heavy atom. The molecule has 1 fully saturated rings. The van der Waals surface area contributed by atoms with Gasteiger partial charge in [0.2, 0.25) is 0 Å². The molecule has 1 N–H and O–H groups in total. The maximum Gasteiger partial charge on any atom is 0.257 e. The lowest BCUT2D eigenvalue weighted by molar-refractivity contribution is 0.0921. The number of rotatable bonds is 2. The number of carbonyl (C=O) groups is 1. The molecule has 1 aromatic carbocycles. The summed E-state index contributed by atoms with van der Waals surface area (Å²) in [5, 5.41) is 2.73. The van der Waals surface area contributed by atoms with Crippen molar-refractivity contribution in [1.29, 1.82) is 0 Å². The van der Waals surface area contributed by atoms with E-state index in [4.69, 9.17) is 0 Å². The van der Waals surface area contributed by atoms with E-state index in [1.54, 1.807) is 0 Å². The minimum Gasteiger partial charge on any atom is -0.348 e. The van der Waals surface area contributed by atoms with E-state index in [-0.39, 0.29) is 16.4 Å². The number of nitrogens with one attached hydrogen (secondary N) is 1. The van der Waals surface area contributed by atoms with Crippen LogP contribution in [0.1, 0.15) is 41.6 Å². The third kappa shape index (κ3) is 3.14. The lowest BCUT2D eigenvalue weighted by Crippen LogP contribution is -2.43. The average Bonchev–Trinajstić information content (AvgIpc) is 2.37. The van der Waals surface area contributed by atoms with Gasteiger partial charge in [-0.25, -0.2) is 8.78 Å². The quantitative estimate of drug-likeness (QED) is 0.822. The van der Waals surface area contributed by atoms with Gasteiger partial charge in [0.25, 0.3) is 5.91 Å². The molecule has 19 heavy (non-hydrogen) atoms. The first-order chi connectivity index (χ1) is 9.00. The number of carbonyl (C=O) groups excluding carboxylic acids is 1. The molecule has 0 radical (unpaired) electrons. The maximum atomic E-state index is 13.9. The van der Waals surface area contributed by atoms with Crippen LogP contribution in [-0.2, 0) is 0 Å². The fourth-order valence-electron chi connectivity index (χ4n) is 2.35. The van der Waals surface area contributed by atoms with E-state index in [1.807, 2.05) is 0 Å². The number of alkyl halides is 1. The maximum absolute atomic E-state index is 13.9. The molecule has 1 aliphatic carbocycles. The molecule has 2 nitrogen and oxygen atoms in total. The smallest absolute Gasteiger partial charge is 0.257 e. The number of amides is 1. The van der Waals surface area contributed by atoms with Crippen LogP contribution in [0.2, 0.25) is 0 Å². The molecule has 1 saturated carbocycles. The highest BCUT2D eigenvalue weighted by atomic mass is 79.9. The highest BCUT2D eigenvalue weighted by molar-refractivity contribution is 9.09. The Morgan fingerprint density at radius 1 is 1.32 bits per heavy atom. The first-order valence-electron chi connectivity index (χ1n) is 6.40.